The predicted molar refractivity (Wildman–Crippen MR) is 181 cm³/mol. The van der Waals surface area contributed by atoms with Crippen LogP contribution in [-0.4, -0.2) is 33.0 Å². The fraction of sp³-hybridized carbons (Fsp3) is 0.179. The van der Waals surface area contributed by atoms with Crippen LogP contribution in [-0.2, 0) is 29.1 Å². The molecule has 0 aliphatic carbocycles. The maximum atomic E-state index is 13.0. The lowest BCUT2D eigenvalue weighted by Crippen LogP contribution is -2.31. The molecule has 4 aromatic carbocycles. The number of aromatic nitrogens is 2. The number of hydrogen-bond acceptors (Lipinski definition) is 8. The average molecular weight is 640 g/mol. The number of nitrogens with zero attached hydrogens (tertiary/aromatic N) is 3. The Morgan fingerprint density at radius 1 is 0.875 bits per heavy atom. The van der Waals surface area contributed by atoms with Crippen molar-refractivity contribution >= 4 is 34.9 Å². The van der Waals surface area contributed by atoms with Crippen LogP contribution in [0.1, 0.15) is 47.0 Å². The van der Waals surface area contributed by atoms with E-state index in [-0.39, 0.29) is 19.1 Å². The first-order chi connectivity index (χ1) is 23.5. The number of fused-ring (bicyclic) bond motifs is 1. The molecule has 0 N–H and O–H groups in total. The van der Waals surface area contributed by atoms with Gasteiger partial charge in [0.15, 0.2) is 6.10 Å². The average Bonchev–Trinajstić information content (AvgIpc) is 3.81. The lowest BCUT2D eigenvalue weighted by atomic mass is 10.1. The lowest BCUT2D eigenvalue weighted by Gasteiger charge is -2.09. The standard InChI is InChI=1S/C39H33N3O6/c1-26-34(41-37(47-26)31-18-17-29-11-5-6-12-30(29)22-31)25-45-33-19-14-28(15-20-33)10-7-13-35-38(43)42(39(44)48-35)23-32-24-46-36(40-32)21-16-27-8-3-2-4-9-27/h2-6,8-9,11-12,14-22,24,35H,7,10,13,23,25H2,1H3/b21-16+. The minimum atomic E-state index is -0.811. The first kappa shape index (κ1) is 30.7. The summed E-state index contributed by atoms with van der Waals surface area (Å²) in [5.74, 6) is 2.04. The summed E-state index contributed by atoms with van der Waals surface area (Å²) < 4.78 is 22.8. The van der Waals surface area contributed by atoms with E-state index in [4.69, 9.17) is 18.3 Å². The maximum absolute atomic E-state index is 13.0. The van der Waals surface area contributed by atoms with Crippen LogP contribution in [0.2, 0.25) is 0 Å². The third-order valence-corrected chi connectivity index (χ3v) is 8.23. The van der Waals surface area contributed by atoms with Gasteiger partial charge in [-0.25, -0.2) is 19.7 Å². The van der Waals surface area contributed by atoms with Gasteiger partial charge in [0.25, 0.3) is 5.91 Å². The van der Waals surface area contributed by atoms with Crippen molar-refractivity contribution in [3.8, 4) is 17.2 Å². The van der Waals surface area contributed by atoms with Crippen molar-refractivity contribution in [3.05, 3.63) is 137 Å². The molecule has 1 aliphatic rings. The largest absolute Gasteiger partial charge is 0.487 e. The Bertz CT molecular complexity index is 2080. The molecular weight excluding hydrogens is 606 g/mol. The number of rotatable bonds is 12. The highest BCUT2D eigenvalue weighted by Crippen LogP contribution is 2.27. The predicted octanol–water partition coefficient (Wildman–Crippen LogP) is 8.41. The van der Waals surface area contributed by atoms with Gasteiger partial charge < -0.3 is 18.3 Å². The van der Waals surface area contributed by atoms with Gasteiger partial charge in [-0.05, 0) is 78.4 Å². The van der Waals surface area contributed by atoms with Gasteiger partial charge in [0.1, 0.15) is 30.1 Å². The van der Waals surface area contributed by atoms with Crippen molar-refractivity contribution in [1.29, 1.82) is 0 Å². The van der Waals surface area contributed by atoms with Crippen LogP contribution >= 0.6 is 0 Å². The molecule has 6 aromatic rings. The van der Waals surface area contributed by atoms with Gasteiger partial charge in [0.2, 0.25) is 11.8 Å². The van der Waals surface area contributed by atoms with E-state index in [9.17, 15) is 9.59 Å². The van der Waals surface area contributed by atoms with Crippen LogP contribution in [0, 0.1) is 6.92 Å². The number of ether oxygens (including phenoxy) is 2. The molecule has 0 bridgehead atoms. The molecule has 0 saturated carbocycles. The summed E-state index contributed by atoms with van der Waals surface area (Å²) in [4.78, 5) is 35.6. The van der Waals surface area contributed by atoms with E-state index >= 15 is 0 Å². The second-order valence-corrected chi connectivity index (χ2v) is 11.6. The molecule has 1 aliphatic heterocycles. The van der Waals surface area contributed by atoms with Crippen LogP contribution in [0.5, 0.6) is 5.75 Å². The quantitative estimate of drug-likeness (QED) is 0.131. The number of carbonyl (C=O) groups excluding carboxylic acids is 2. The molecule has 2 amide bonds. The first-order valence-electron chi connectivity index (χ1n) is 15.9. The number of imide groups is 1. The second kappa shape index (κ2) is 13.8. The van der Waals surface area contributed by atoms with Crippen LogP contribution in [0.4, 0.5) is 4.79 Å². The Labute approximate surface area is 277 Å². The molecule has 1 fully saturated rings. The lowest BCUT2D eigenvalue weighted by molar-refractivity contribution is -0.130. The van der Waals surface area contributed by atoms with E-state index in [1.807, 2.05) is 85.8 Å². The summed E-state index contributed by atoms with van der Waals surface area (Å²) in [7, 11) is 0. The minimum absolute atomic E-state index is 0.00305. The molecule has 48 heavy (non-hydrogen) atoms. The first-order valence-corrected chi connectivity index (χ1v) is 15.9. The van der Waals surface area contributed by atoms with E-state index in [1.54, 1.807) is 6.08 Å². The molecule has 0 spiro atoms. The van der Waals surface area contributed by atoms with Crippen LogP contribution < -0.4 is 4.74 Å². The van der Waals surface area contributed by atoms with Crippen LogP contribution in [0.3, 0.4) is 0 Å². The van der Waals surface area contributed by atoms with E-state index in [1.165, 1.54) is 11.6 Å². The van der Waals surface area contributed by atoms with E-state index in [0.29, 0.717) is 30.3 Å². The van der Waals surface area contributed by atoms with Gasteiger partial charge >= 0.3 is 6.09 Å². The summed E-state index contributed by atoms with van der Waals surface area (Å²) in [6.07, 6.45) is 5.41. The van der Waals surface area contributed by atoms with Gasteiger partial charge in [-0.1, -0.05) is 72.8 Å². The van der Waals surface area contributed by atoms with Crippen molar-refractivity contribution in [2.45, 2.75) is 45.4 Å². The highest BCUT2D eigenvalue weighted by atomic mass is 16.6. The number of aryl methyl sites for hydroxylation is 2. The highest BCUT2D eigenvalue weighted by molar-refractivity contribution is 5.99. The Morgan fingerprint density at radius 2 is 1.67 bits per heavy atom. The van der Waals surface area contributed by atoms with Crippen molar-refractivity contribution in [1.82, 2.24) is 14.9 Å². The molecule has 1 unspecified atom stereocenters. The molecule has 9 heteroatoms. The second-order valence-electron chi connectivity index (χ2n) is 11.6. The highest BCUT2D eigenvalue weighted by Gasteiger charge is 2.40. The van der Waals surface area contributed by atoms with Gasteiger partial charge in [-0.15, -0.1) is 0 Å². The summed E-state index contributed by atoms with van der Waals surface area (Å²) in [6, 6.07) is 31.9. The molecular formula is C39H33N3O6. The van der Waals surface area contributed by atoms with Gasteiger partial charge in [-0.3, -0.25) is 4.79 Å². The minimum Gasteiger partial charge on any atom is -0.487 e. The number of oxazole rings is 2. The molecule has 2 aromatic heterocycles. The zero-order chi connectivity index (χ0) is 32.9. The SMILES string of the molecule is Cc1oc(-c2ccc3ccccc3c2)nc1COc1ccc(CCCC2OC(=O)N(Cc3coc(/C=C/c4ccccc4)n3)C2=O)cc1. The van der Waals surface area contributed by atoms with Gasteiger partial charge in [0.05, 0.1) is 12.2 Å². The summed E-state index contributed by atoms with van der Waals surface area (Å²) in [6.45, 7) is 2.17. The number of hydrogen-bond donors (Lipinski definition) is 0. The van der Waals surface area contributed by atoms with E-state index in [0.717, 1.165) is 50.6 Å². The fourth-order valence-electron chi connectivity index (χ4n) is 5.59. The maximum Gasteiger partial charge on any atom is 0.417 e. The number of cyclic esters (lactones) is 1. The van der Waals surface area contributed by atoms with Gasteiger partial charge in [-0.2, -0.15) is 0 Å². The topological polar surface area (TPSA) is 108 Å². The molecule has 9 nitrogen and oxygen atoms in total. The number of amides is 2. The molecule has 240 valence electrons. The van der Waals surface area contributed by atoms with Crippen LogP contribution in [0.15, 0.2) is 112 Å². The Hall–Kier alpha value is -5.96. The normalized spacial score (nSPS) is 14.7. The summed E-state index contributed by atoms with van der Waals surface area (Å²) >= 11 is 0. The molecule has 7 rings (SSSR count). The zero-order valence-corrected chi connectivity index (χ0v) is 26.4. The van der Waals surface area contributed by atoms with Crippen LogP contribution in [0.25, 0.3) is 34.4 Å². The number of benzene rings is 4. The monoisotopic (exact) mass is 639 g/mol. The van der Waals surface area contributed by atoms with Crippen molar-refractivity contribution in [2.75, 3.05) is 0 Å². The fourth-order valence-corrected chi connectivity index (χ4v) is 5.59. The third kappa shape index (κ3) is 7.05. The molecule has 0 radical (unpaired) electrons. The van der Waals surface area contributed by atoms with Gasteiger partial charge in [0, 0.05) is 11.6 Å². The molecule has 3 heterocycles. The van der Waals surface area contributed by atoms with Crippen molar-refractivity contribution in [2.24, 2.45) is 0 Å². The Morgan fingerprint density at radius 3 is 2.50 bits per heavy atom. The smallest absolute Gasteiger partial charge is 0.417 e. The summed E-state index contributed by atoms with van der Waals surface area (Å²) in [5.41, 5.74) is 4.24. The van der Waals surface area contributed by atoms with Crippen molar-refractivity contribution < 1.29 is 27.9 Å². The van der Waals surface area contributed by atoms with E-state index in [2.05, 4.69) is 34.2 Å². The molecule has 1 saturated heterocycles. The third-order valence-electron chi connectivity index (χ3n) is 8.23. The van der Waals surface area contributed by atoms with E-state index < -0.39 is 12.2 Å². The Balaban J connectivity index is 0.872. The zero-order valence-electron chi connectivity index (χ0n) is 26.4. The summed E-state index contributed by atoms with van der Waals surface area (Å²) in [5, 5.41) is 2.30. The number of carbonyl (C=O) groups is 2. The van der Waals surface area contributed by atoms with Crippen molar-refractivity contribution in [3.63, 3.8) is 0 Å². The Kier molecular flexibility index (Phi) is 8.82. The molecule has 1 atom stereocenters.